The molecule has 0 fully saturated rings. The number of amidine groups is 1. The van der Waals surface area contributed by atoms with Gasteiger partial charge in [0.25, 0.3) is 11.8 Å². The largest absolute Gasteiger partial charge is 0.409 e. The van der Waals surface area contributed by atoms with Crippen molar-refractivity contribution in [3.63, 3.8) is 0 Å². The molecule has 0 saturated carbocycles. The van der Waals surface area contributed by atoms with Crippen LogP contribution in [-0.2, 0) is 0 Å². The van der Waals surface area contributed by atoms with Gasteiger partial charge in [0.1, 0.15) is 0 Å². The summed E-state index contributed by atoms with van der Waals surface area (Å²) in [5.74, 6) is -0.615. The highest BCUT2D eigenvalue weighted by molar-refractivity contribution is 6.21. The van der Waals surface area contributed by atoms with Gasteiger partial charge in [-0.1, -0.05) is 5.16 Å². The van der Waals surface area contributed by atoms with Crippen molar-refractivity contribution in [3.8, 4) is 0 Å². The predicted molar refractivity (Wildman–Crippen MR) is 64.8 cm³/mol. The number of anilines is 1. The maximum atomic E-state index is 11.7. The Hall–Kier alpha value is -2.57. The molecule has 1 aromatic carbocycles. The zero-order valence-corrected chi connectivity index (χ0v) is 9.67. The van der Waals surface area contributed by atoms with E-state index in [2.05, 4.69) is 10.5 Å². The minimum atomic E-state index is -0.331. The number of nitrogens with zero attached hydrogens (tertiary/aromatic N) is 2. The first-order chi connectivity index (χ1) is 8.54. The number of rotatable bonds is 3. The smallest absolute Gasteiger partial charge is 0.261 e. The van der Waals surface area contributed by atoms with Gasteiger partial charge in [0.15, 0.2) is 5.84 Å². The molecule has 0 unspecified atom stereocenters. The van der Waals surface area contributed by atoms with Crippen LogP contribution in [0.4, 0.5) is 5.69 Å². The van der Waals surface area contributed by atoms with Crippen molar-refractivity contribution in [3.05, 3.63) is 29.3 Å². The van der Waals surface area contributed by atoms with E-state index < -0.39 is 0 Å². The van der Waals surface area contributed by atoms with Crippen molar-refractivity contribution in [1.29, 1.82) is 0 Å². The molecule has 0 spiro atoms. The average molecular weight is 248 g/mol. The molecule has 4 N–H and O–H groups in total. The van der Waals surface area contributed by atoms with Gasteiger partial charge in [-0.05, 0) is 18.2 Å². The number of nitrogens with two attached hydrogens (primary N) is 1. The Bertz CT molecular complexity index is 553. The van der Waals surface area contributed by atoms with Crippen molar-refractivity contribution >= 4 is 23.3 Å². The van der Waals surface area contributed by atoms with Crippen LogP contribution in [0.25, 0.3) is 0 Å². The lowest BCUT2D eigenvalue weighted by Gasteiger charge is -2.05. The molecule has 0 radical (unpaired) electrons. The third-order valence-electron chi connectivity index (χ3n) is 2.69. The summed E-state index contributed by atoms with van der Waals surface area (Å²) < 4.78 is 0. The van der Waals surface area contributed by atoms with Gasteiger partial charge < -0.3 is 16.3 Å². The molecule has 2 amide bonds. The zero-order chi connectivity index (χ0) is 13.3. The fraction of sp³-hybridized carbons (Fsp3) is 0.182. The lowest BCUT2D eigenvalue weighted by molar-refractivity contribution is 0.0693. The minimum Gasteiger partial charge on any atom is -0.409 e. The van der Waals surface area contributed by atoms with Gasteiger partial charge in [-0.3, -0.25) is 14.5 Å². The minimum absolute atomic E-state index is 0.0232. The van der Waals surface area contributed by atoms with Crippen molar-refractivity contribution in [2.24, 2.45) is 10.9 Å². The maximum absolute atomic E-state index is 11.7. The van der Waals surface area contributed by atoms with E-state index in [0.29, 0.717) is 16.8 Å². The Morgan fingerprint density at radius 2 is 2.06 bits per heavy atom. The standard InChI is InChI=1S/C11H12N4O3/c1-15-10(16)7-3-2-6(4-8(7)11(15)17)13-5-9(12)14-18/h2-4,13,18H,5H2,1H3,(H2,12,14). The molecular weight excluding hydrogens is 236 g/mol. The van der Waals surface area contributed by atoms with Gasteiger partial charge in [0.05, 0.1) is 17.7 Å². The van der Waals surface area contributed by atoms with Crippen LogP contribution in [0.2, 0.25) is 0 Å². The van der Waals surface area contributed by atoms with Crippen LogP contribution in [0, 0.1) is 0 Å². The lowest BCUT2D eigenvalue weighted by Crippen LogP contribution is -2.24. The van der Waals surface area contributed by atoms with Crippen molar-refractivity contribution in [2.45, 2.75) is 0 Å². The van der Waals surface area contributed by atoms with E-state index in [1.165, 1.54) is 7.05 Å². The summed E-state index contributed by atoms with van der Waals surface area (Å²) >= 11 is 0. The van der Waals surface area contributed by atoms with Crippen LogP contribution in [0.3, 0.4) is 0 Å². The van der Waals surface area contributed by atoms with E-state index in [1.807, 2.05) is 0 Å². The molecule has 0 aliphatic carbocycles. The van der Waals surface area contributed by atoms with Crippen LogP contribution < -0.4 is 11.1 Å². The highest BCUT2D eigenvalue weighted by Gasteiger charge is 2.32. The molecule has 7 heteroatoms. The second-order valence-electron chi connectivity index (χ2n) is 3.87. The summed E-state index contributed by atoms with van der Waals surface area (Å²) in [6.45, 7) is 0.146. The number of hydrogen-bond donors (Lipinski definition) is 3. The molecule has 2 rings (SSSR count). The monoisotopic (exact) mass is 248 g/mol. The Morgan fingerprint density at radius 3 is 2.72 bits per heavy atom. The first-order valence-electron chi connectivity index (χ1n) is 5.21. The van der Waals surface area contributed by atoms with Gasteiger partial charge in [-0.25, -0.2) is 0 Å². The third-order valence-corrected chi connectivity index (χ3v) is 2.69. The highest BCUT2D eigenvalue weighted by atomic mass is 16.4. The van der Waals surface area contributed by atoms with E-state index in [1.54, 1.807) is 18.2 Å². The summed E-state index contributed by atoms with van der Waals surface area (Å²) in [6.07, 6.45) is 0. The van der Waals surface area contributed by atoms with Gasteiger partial charge >= 0.3 is 0 Å². The molecule has 1 heterocycles. The van der Waals surface area contributed by atoms with E-state index in [4.69, 9.17) is 10.9 Å². The fourth-order valence-electron chi connectivity index (χ4n) is 1.70. The normalized spacial score (nSPS) is 14.9. The first kappa shape index (κ1) is 11.9. The molecule has 0 saturated heterocycles. The van der Waals surface area contributed by atoms with E-state index in [0.717, 1.165) is 4.90 Å². The molecular formula is C11H12N4O3. The quantitative estimate of drug-likeness (QED) is 0.231. The van der Waals surface area contributed by atoms with Crippen LogP contribution in [-0.4, -0.2) is 41.3 Å². The van der Waals surface area contributed by atoms with Gasteiger partial charge in [0.2, 0.25) is 0 Å². The molecule has 1 aliphatic heterocycles. The van der Waals surface area contributed by atoms with Gasteiger partial charge in [-0.2, -0.15) is 0 Å². The van der Waals surface area contributed by atoms with Crippen LogP contribution >= 0.6 is 0 Å². The Kier molecular flexibility index (Phi) is 2.88. The number of imide groups is 1. The van der Waals surface area contributed by atoms with E-state index in [-0.39, 0.29) is 24.2 Å². The second kappa shape index (κ2) is 4.36. The molecule has 94 valence electrons. The summed E-state index contributed by atoms with van der Waals surface area (Å²) in [7, 11) is 1.44. The lowest BCUT2D eigenvalue weighted by atomic mass is 10.1. The zero-order valence-electron chi connectivity index (χ0n) is 9.67. The van der Waals surface area contributed by atoms with E-state index >= 15 is 0 Å². The van der Waals surface area contributed by atoms with Gasteiger partial charge in [0, 0.05) is 12.7 Å². The average Bonchev–Trinajstić information content (AvgIpc) is 2.61. The summed E-state index contributed by atoms with van der Waals surface area (Å²) in [6, 6.07) is 4.81. The number of fused-ring (bicyclic) bond motifs is 1. The second-order valence-corrected chi connectivity index (χ2v) is 3.87. The fourth-order valence-corrected chi connectivity index (χ4v) is 1.70. The number of benzene rings is 1. The number of nitrogens with one attached hydrogen (secondary N) is 1. The SMILES string of the molecule is CN1C(=O)c2ccc(NCC(N)=NO)cc2C1=O. The summed E-state index contributed by atoms with van der Waals surface area (Å²) in [4.78, 5) is 24.5. The topological polar surface area (TPSA) is 108 Å². The van der Waals surface area contributed by atoms with E-state index in [9.17, 15) is 9.59 Å². The Morgan fingerprint density at radius 1 is 1.39 bits per heavy atom. The number of carbonyl (C=O) groups excluding carboxylic acids is 2. The highest BCUT2D eigenvalue weighted by Crippen LogP contribution is 2.24. The van der Waals surface area contributed by atoms with Crippen molar-refractivity contribution in [2.75, 3.05) is 18.9 Å². The molecule has 0 bridgehead atoms. The molecule has 0 atom stereocenters. The van der Waals surface area contributed by atoms with Crippen LogP contribution in [0.1, 0.15) is 20.7 Å². The predicted octanol–water partition coefficient (Wildman–Crippen LogP) is 0.0707. The molecule has 1 aromatic rings. The molecule has 7 nitrogen and oxygen atoms in total. The molecule has 0 aromatic heterocycles. The van der Waals surface area contributed by atoms with Crippen molar-refractivity contribution < 1.29 is 14.8 Å². The van der Waals surface area contributed by atoms with Crippen LogP contribution in [0.5, 0.6) is 0 Å². The van der Waals surface area contributed by atoms with Crippen LogP contribution in [0.15, 0.2) is 23.4 Å². The number of carbonyl (C=O) groups is 2. The number of hydrogen-bond acceptors (Lipinski definition) is 5. The molecule has 1 aliphatic rings. The maximum Gasteiger partial charge on any atom is 0.261 e. The van der Waals surface area contributed by atoms with Crippen molar-refractivity contribution in [1.82, 2.24) is 4.90 Å². The molecule has 18 heavy (non-hydrogen) atoms. The van der Waals surface area contributed by atoms with Gasteiger partial charge in [-0.15, -0.1) is 0 Å². The number of oxime groups is 1. The first-order valence-corrected chi connectivity index (χ1v) is 5.21. The summed E-state index contributed by atoms with van der Waals surface area (Å²) in [5, 5.41) is 14.1. The Balaban J connectivity index is 2.24. The Labute approximate surface area is 103 Å². The summed E-state index contributed by atoms with van der Waals surface area (Å²) in [5.41, 5.74) is 6.67. The number of amides is 2. The third kappa shape index (κ3) is 1.86.